The van der Waals surface area contributed by atoms with Crippen molar-refractivity contribution < 1.29 is 4.74 Å². The third-order valence-electron chi connectivity index (χ3n) is 2.90. The molecule has 1 aliphatic rings. The molecule has 0 bridgehead atoms. The Labute approximate surface area is 105 Å². The molecule has 0 radical (unpaired) electrons. The van der Waals surface area contributed by atoms with E-state index in [1.807, 2.05) is 24.3 Å². The monoisotopic (exact) mass is 242 g/mol. The fraction of sp³-hybridized carbons (Fsp3) is 0.231. The van der Waals surface area contributed by atoms with Crippen molar-refractivity contribution in [1.29, 1.82) is 0 Å². The highest BCUT2D eigenvalue weighted by molar-refractivity contribution is 5.72. The van der Waals surface area contributed by atoms with Crippen LogP contribution in [0.15, 0.2) is 36.7 Å². The molecule has 0 aliphatic carbocycles. The summed E-state index contributed by atoms with van der Waals surface area (Å²) in [5.41, 5.74) is 6.89. The van der Waals surface area contributed by atoms with Crippen LogP contribution in [0.4, 0.5) is 17.3 Å². The first-order valence-corrected chi connectivity index (χ1v) is 5.92. The molecule has 2 N–H and O–H groups in total. The number of aromatic nitrogens is 2. The van der Waals surface area contributed by atoms with Crippen LogP contribution in [0.5, 0.6) is 5.75 Å². The van der Waals surface area contributed by atoms with Crippen molar-refractivity contribution in [3.63, 3.8) is 0 Å². The van der Waals surface area contributed by atoms with Crippen molar-refractivity contribution >= 4 is 17.3 Å². The molecule has 1 aromatic carbocycles. The van der Waals surface area contributed by atoms with Gasteiger partial charge >= 0.3 is 0 Å². The third-order valence-corrected chi connectivity index (χ3v) is 2.90. The molecule has 0 spiro atoms. The molecular weight excluding hydrogens is 228 g/mol. The minimum absolute atomic E-state index is 0.439. The Bertz CT molecular complexity index is 558. The fourth-order valence-corrected chi connectivity index (χ4v) is 2.10. The molecule has 0 saturated heterocycles. The zero-order valence-electron chi connectivity index (χ0n) is 9.91. The van der Waals surface area contributed by atoms with Gasteiger partial charge in [0.2, 0.25) is 0 Å². The molecule has 1 aromatic heterocycles. The van der Waals surface area contributed by atoms with Crippen molar-refractivity contribution in [2.45, 2.75) is 6.42 Å². The van der Waals surface area contributed by atoms with Crippen molar-refractivity contribution in [3.05, 3.63) is 36.7 Å². The predicted octanol–water partition coefficient (Wildman–Crippen LogP) is 1.98. The summed E-state index contributed by atoms with van der Waals surface area (Å²) in [7, 11) is 0. The summed E-state index contributed by atoms with van der Waals surface area (Å²) in [6, 6.07) is 7.91. The average molecular weight is 242 g/mol. The van der Waals surface area contributed by atoms with Crippen LogP contribution >= 0.6 is 0 Å². The molecular formula is C13H14N4O. The molecule has 92 valence electrons. The summed E-state index contributed by atoms with van der Waals surface area (Å²) in [4.78, 5) is 10.5. The fourth-order valence-electron chi connectivity index (χ4n) is 2.10. The highest BCUT2D eigenvalue weighted by Gasteiger charge is 2.20. The van der Waals surface area contributed by atoms with Gasteiger partial charge in [-0.3, -0.25) is 0 Å². The number of nitrogen functional groups attached to an aromatic ring is 1. The zero-order chi connectivity index (χ0) is 12.4. The van der Waals surface area contributed by atoms with E-state index in [0.29, 0.717) is 18.2 Å². The quantitative estimate of drug-likeness (QED) is 0.828. The molecule has 2 heterocycles. The Balaban J connectivity index is 2.10. The van der Waals surface area contributed by atoms with Crippen LogP contribution in [0.1, 0.15) is 6.42 Å². The predicted molar refractivity (Wildman–Crippen MR) is 70.0 cm³/mol. The third kappa shape index (κ3) is 1.84. The van der Waals surface area contributed by atoms with E-state index in [9.17, 15) is 0 Å². The van der Waals surface area contributed by atoms with Crippen molar-refractivity contribution in [1.82, 2.24) is 9.97 Å². The maximum atomic E-state index is 5.90. The summed E-state index contributed by atoms with van der Waals surface area (Å²) in [5.74, 6) is 1.99. The van der Waals surface area contributed by atoms with E-state index in [1.165, 1.54) is 0 Å². The average Bonchev–Trinajstić information content (AvgIpc) is 2.62. The number of nitrogens with zero attached hydrogens (tertiary/aromatic N) is 3. The number of fused-ring (bicyclic) bond motifs is 1. The number of benzene rings is 1. The van der Waals surface area contributed by atoms with E-state index >= 15 is 0 Å². The van der Waals surface area contributed by atoms with Gasteiger partial charge in [-0.15, -0.1) is 0 Å². The Morgan fingerprint density at radius 1 is 1.17 bits per heavy atom. The molecule has 2 aromatic rings. The highest BCUT2D eigenvalue weighted by Crippen LogP contribution is 2.36. The smallest absolute Gasteiger partial charge is 0.176 e. The Morgan fingerprint density at radius 2 is 2.00 bits per heavy atom. The second-order valence-corrected chi connectivity index (χ2v) is 4.09. The minimum atomic E-state index is 0.439. The van der Waals surface area contributed by atoms with Crippen LogP contribution < -0.4 is 15.4 Å². The van der Waals surface area contributed by atoms with Crippen molar-refractivity contribution in [2.75, 3.05) is 23.8 Å². The molecule has 18 heavy (non-hydrogen) atoms. The van der Waals surface area contributed by atoms with E-state index in [0.717, 1.165) is 24.4 Å². The first-order valence-electron chi connectivity index (χ1n) is 5.92. The van der Waals surface area contributed by atoms with Gasteiger partial charge in [-0.1, -0.05) is 12.1 Å². The summed E-state index contributed by atoms with van der Waals surface area (Å²) < 4.78 is 5.71. The summed E-state index contributed by atoms with van der Waals surface area (Å²) in [5, 5.41) is 0. The number of hydrogen-bond donors (Lipinski definition) is 1. The number of nitrogens with two attached hydrogens (primary N) is 1. The standard InChI is InChI=1S/C13H14N4O/c14-12-13(16-7-6-15-12)17-8-3-9-18-11-5-2-1-4-10(11)17/h1-2,4-7H,3,8-9H2,(H2,14,15). The summed E-state index contributed by atoms with van der Waals surface area (Å²) in [6.07, 6.45) is 4.17. The second-order valence-electron chi connectivity index (χ2n) is 4.09. The van der Waals surface area contributed by atoms with Gasteiger partial charge in [-0.05, 0) is 18.6 Å². The van der Waals surface area contributed by atoms with Gasteiger partial charge in [0, 0.05) is 18.9 Å². The Kier molecular flexibility index (Phi) is 2.72. The number of anilines is 3. The van der Waals surface area contributed by atoms with Crippen LogP contribution in [-0.4, -0.2) is 23.1 Å². The summed E-state index contributed by atoms with van der Waals surface area (Å²) >= 11 is 0. The van der Waals surface area contributed by atoms with Gasteiger partial charge in [0.05, 0.1) is 12.3 Å². The maximum Gasteiger partial charge on any atom is 0.176 e. The number of hydrogen-bond acceptors (Lipinski definition) is 5. The van der Waals surface area contributed by atoms with Crippen LogP contribution in [0.3, 0.4) is 0 Å². The lowest BCUT2D eigenvalue weighted by molar-refractivity contribution is 0.322. The maximum absolute atomic E-state index is 5.90. The molecule has 0 unspecified atom stereocenters. The molecule has 0 atom stereocenters. The molecule has 0 amide bonds. The number of ether oxygens (including phenoxy) is 1. The molecule has 3 rings (SSSR count). The van der Waals surface area contributed by atoms with E-state index in [1.54, 1.807) is 12.4 Å². The van der Waals surface area contributed by atoms with E-state index in [-0.39, 0.29) is 0 Å². The summed E-state index contributed by atoms with van der Waals surface area (Å²) in [6.45, 7) is 1.52. The van der Waals surface area contributed by atoms with Crippen LogP contribution in [0.25, 0.3) is 0 Å². The number of para-hydroxylation sites is 2. The lowest BCUT2D eigenvalue weighted by atomic mass is 10.2. The van der Waals surface area contributed by atoms with Gasteiger partial charge in [0.1, 0.15) is 5.75 Å². The van der Waals surface area contributed by atoms with Gasteiger partial charge in [-0.2, -0.15) is 0 Å². The first kappa shape index (κ1) is 10.8. The van der Waals surface area contributed by atoms with E-state index < -0.39 is 0 Å². The zero-order valence-corrected chi connectivity index (χ0v) is 9.91. The van der Waals surface area contributed by atoms with E-state index in [4.69, 9.17) is 10.5 Å². The molecule has 0 fully saturated rings. The van der Waals surface area contributed by atoms with Crippen LogP contribution in [-0.2, 0) is 0 Å². The largest absolute Gasteiger partial charge is 0.491 e. The van der Waals surface area contributed by atoms with Gasteiger partial charge in [-0.25, -0.2) is 9.97 Å². The van der Waals surface area contributed by atoms with Gasteiger partial charge < -0.3 is 15.4 Å². The lowest BCUT2D eigenvalue weighted by Crippen LogP contribution is -2.20. The molecule has 0 saturated carbocycles. The highest BCUT2D eigenvalue weighted by atomic mass is 16.5. The molecule has 5 nitrogen and oxygen atoms in total. The first-order chi connectivity index (χ1) is 8.86. The van der Waals surface area contributed by atoms with E-state index in [2.05, 4.69) is 14.9 Å². The van der Waals surface area contributed by atoms with Crippen molar-refractivity contribution in [3.8, 4) is 5.75 Å². The SMILES string of the molecule is Nc1nccnc1N1CCCOc2ccccc21. The minimum Gasteiger partial charge on any atom is -0.491 e. The Hall–Kier alpha value is -2.30. The lowest BCUT2D eigenvalue weighted by Gasteiger charge is -2.23. The van der Waals surface area contributed by atoms with Crippen molar-refractivity contribution in [2.24, 2.45) is 0 Å². The second kappa shape index (κ2) is 4.52. The molecule has 5 heteroatoms. The van der Waals surface area contributed by atoms with Gasteiger partial charge in [0.15, 0.2) is 11.6 Å². The normalized spacial score (nSPS) is 14.6. The van der Waals surface area contributed by atoms with Gasteiger partial charge in [0.25, 0.3) is 0 Å². The van der Waals surface area contributed by atoms with Crippen LogP contribution in [0, 0.1) is 0 Å². The number of rotatable bonds is 1. The Morgan fingerprint density at radius 3 is 2.89 bits per heavy atom. The van der Waals surface area contributed by atoms with Crippen LogP contribution in [0.2, 0.25) is 0 Å². The topological polar surface area (TPSA) is 64.3 Å². The molecule has 1 aliphatic heterocycles.